The molecular weight excluding hydrogens is 366 g/mol. The molecule has 1 fully saturated rings. The van der Waals surface area contributed by atoms with Gasteiger partial charge in [-0.1, -0.05) is 12.1 Å². The van der Waals surface area contributed by atoms with Crippen LogP contribution in [0.1, 0.15) is 29.6 Å². The molecular formula is C21H21N7O. The summed E-state index contributed by atoms with van der Waals surface area (Å²) in [5.74, 6) is 0.774. The van der Waals surface area contributed by atoms with Gasteiger partial charge < -0.3 is 4.90 Å². The van der Waals surface area contributed by atoms with Crippen LogP contribution in [0.4, 0.5) is 11.9 Å². The van der Waals surface area contributed by atoms with Gasteiger partial charge in [0, 0.05) is 24.3 Å². The number of imidazole rings is 1. The van der Waals surface area contributed by atoms with E-state index in [1.54, 1.807) is 18.5 Å². The normalized spacial score (nSPS) is 14.3. The highest BCUT2D eigenvalue weighted by atomic mass is 16.1. The standard InChI is InChI=1S/C21H21N7O/c29-19(23-20-24-21(26-25-20)27-12-4-1-5-13-27)15-8-10-16(11-9-15)28-14-22-17-6-2-3-7-18(17)28/h2-3,6-11,14H,1,4-5,12-13H2,(H2,23,24,25,26,29). The number of piperidine rings is 1. The first-order chi connectivity index (χ1) is 14.3. The first-order valence-corrected chi connectivity index (χ1v) is 9.79. The molecule has 1 amide bonds. The Morgan fingerprint density at radius 2 is 1.79 bits per heavy atom. The van der Waals surface area contributed by atoms with E-state index in [1.807, 2.05) is 41.0 Å². The lowest BCUT2D eigenvalue weighted by atomic mass is 10.1. The number of nitrogens with one attached hydrogen (secondary N) is 2. The zero-order chi connectivity index (χ0) is 19.6. The lowest BCUT2D eigenvalue weighted by molar-refractivity contribution is 0.102. The van der Waals surface area contributed by atoms with Gasteiger partial charge in [-0.25, -0.2) is 10.1 Å². The van der Waals surface area contributed by atoms with E-state index in [2.05, 4.69) is 30.4 Å². The van der Waals surface area contributed by atoms with Crippen LogP contribution < -0.4 is 10.2 Å². The molecule has 1 aliphatic heterocycles. The third-order valence-electron chi connectivity index (χ3n) is 5.21. The van der Waals surface area contributed by atoms with Crippen LogP contribution >= 0.6 is 0 Å². The third-order valence-corrected chi connectivity index (χ3v) is 5.21. The molecule has 8 nitrogen and oxygen atoms in total. The van der Waals surface area contributed by atoms with Crippen molar-refractivity contribution in [2.75, 3.05) is 23.3 Å². The van der Waals surface area contributed by atoms with E-state index in [4.69, 9.17) is 0 Å². The number of hydrogen-bond acceptors (Lipinski definition) is 5. The Kier molecular flexibility index (Phi) is 4.44. The number of carbonyl (C=O) groups excluding carboxylic acids is 1. The highest BCUT2D eigenvalue weighted by molar-refractivity contribution is 6.03. The summed E-state index contributed by atoms with van der Waals surface area (Å²) < 4.78 is 2.00. The minimum Gasteiger partial charge on any atom is -0.340 e. The molecule has 29 heavy (non-hydrogen) atoms. The highest BCUT2D eigenvalue weighted by Gasteiger charge is 2.16. The van der Waals surface area contributed by atoms with Gasteiger partial charge in [-0.05, 0) is 55.7 Å². The molecule has 0 unspecified atom stereocenters. The monoisotopic (exact) mass is 387 g/mol. The molecule has 4 aromatic rings. The zero-order valence-electron chi connectivity index (χ0n) is 15.9. The molecule has 0 spiro atoms. The Bertz CT molecular complexity index is 1140. The van der Waals surface area contributed by atoms with Gasteiger partial charge in [-0.3, -0.25) is 14.7 Å². The number of nitrogens with zero attached hydrogens (tertiary/aromatic N) is 5. The highest BCUT2D eigenvalue weighted by Crippen LogP contribution is 2.19. The number of hydrogen-bond donors (Lipinski definition) is 2. The largest absolute Gasteiger partial charge is 0.340 e. The summed E-state index contributed by atoms with van der Waals surface area (Å²) in [7, 11) is 0. The van der Waals surface area contributed by atoms with E-state index in [0.717, 1.165) is 42.7 Å². The predicted octanol–water partition coefficient (Wildman–Crippen LogP) is 3.39. The number of H-pyrrole nitrogens is 1. The van der Waals surface area contributed by atoms with Gasteiger partial charge in [0.2, 0.25) is 11.9 Å². The van der Waals surface area contributed by atoms with Gasteiger partial charge in [0.05, 0.1) is 11.0 Å². The first-order valence-electron chi connectivity index (χ1n) is 9.79. The molecule has 2 aromatic carbocycles. The van der Waals surface area contributed by atoms with E-state index < -0.39 is 0 Å². The molecule has 3 heterocycles. The number of para-hydroxylation sites is 2. The summed E-state index contributed by atoms with van der Waals surface area (Å²) in [4.78, 5) is 23.5. The molecule has 5 rings (SSSR count). The summed E-state index contributed by atoms with van der Waals surface area (Å²) in [6.07, 6.45) is 5.33. The second-order valence-corrected chi connectivity index (χ2v) is 7.14. The fourth-order valence-electron chi connectivity index (χ4n) is 3.66. The van der Waals surface area contributed by atoms with Crippen LogP contribution in [0.5, 0.6) is 0 Å². The van der Waals surface area contributed by atoms with E-state index in [-0.39, 0.29) is 5.91 Å². The number of amides is 1. The van der Waals surface area contributed by atoms with Gasteiger partial charge in [-0.2, -0.15) is 4.98 Å². The fraction of sp³-hybridized carbons (Fsp3) is 0.238. The Hall–Kier alpha value is -3.68. The Morgan fingerprint density at radius 3 is 2.62 bits per heavy atom. The summed E-state index contributed by atoms with van der Waals surface area (Å²) in [5.41, 5.74) is 3.46. The van der Waals surface area contributed by atoms with Crippen LogP contribution in [0.3, 0.4) is 0 Å². The van der Waals surface area contributed by atoms with Crippen molar-refractivity contribution in [1.29, 1.82) is 0 Å². The van der Waals surface area contributed by atoms with Crippen molar-refractivity contribution in [3.8, 4) is 5.69 Å². The van der Waals surface area contributed by atoms with Crippen molar-refractivity contribution in [2.24, 2.45) is 0 Å². The van der Waals surface area contributed by atoms with E-state index in [1.165, 1.54) is 6.42 Å². The molecule has 0 aliphatic carbocycles. The van der Waals surface area contributed by atoms with Crippen molar-refractivity contribution >= 4 is 28.8 Å². The molecule has 146 valence electrons. The minimum atomic E-state index is -0.228. The summed E-state index contributed by atoms with van der Waals surface area (Å²) in [5, 5.41) is 9.83. The summed E-state index contributed by atoms with van der Waals surface area (Å²) in [6.45, 7) is 1.91. The van der Waals surface area contributed by atoms with Crippen molar-refractivity contribution in [3.63, 3.8) is 0 Å². The quantitative estimate of drug-likeness (QED) is 0.560. The van der Waals surface area contributed by atoms with Crippen LogP contribution in [0.25, 0.3) is 16.7 Å². The number of rotatable bonds is 4. The van der Waals surface area contributed by atoms with Gasteiger partial charge in [0.1, 0.15) is 6.33 Å². The minimum absolute atomic E-state index is 0.228. The lowest BCUT2D eigenvalue weighted by Gasteiger charge is -2.24. The van der Waals surface area contributed by atoms with Crippen molar-refractivity contribution < 1.29 is 4.79 Å². The number of benzene rings is 2. The predicted molar refractivity (Wildman–Crippen MR) is 111 cm³/mol. The second-order valence-electron chi connectivity index (χ2n) is 7.14. The van der Waals surface area contributed by atoms with Crippen molar-refractivity contribution in [3.05, 3.63) is 60.4 Å². The topological polar surface area (TPSA) is 91.7 Å². The maximum atomic E-state index is 12.6. The Balaban J connectivity index is 1.30. The second kappa shape index (κ2) is 7.38. The molecule has 1 aliphatic rings. The van der Waals surface area contributed by atoms with Gasteiger partial charge in [0.25, 0.3) is 5.91 Å². The molecule has 0 saturated carbocycles. The summed E-state index contributed by atoms with van der Waals surface area (Å²) >= 11 is 0. The van der Waals surface area contributed by atoms with Gasteiger partial charge in [-0.15, -0.1) is 5.10 Å². The maximum absolute atomic E-state index is 12.6. The average molecular weight is 387 g/mol. The summed E-state index contributed by atoms with van der Waals surface area (Å²) in [6, 6.07) is 15.3. The van der Waals surface area contributed by atoms with E-state index >= 15 is 0 Å². The molecule has 0 bridgehead atoms. The SMILES string of the molecule is O=C(Nc1nc(N2CCCCC2)n[nH]1)c1ccc(-n2cnc3ccccc32)cc1. The fourth-order valence-corrected chi connectivity index (χ4v) is 3.66. The Morgan fingerprint density at radius 1 is 1.00 bits per heavy atom. The van der Waals surface area contributed by atoms with Gasteiger partial charge in [0.15, 0.2) is 0 Å². The number of aromatic nitrogens is 5. The van der Waals surface area contributed by atoms with E-state index in [9.17, 15) is 4.79 Å². The maximum Gasteiger partial charge on any atom is 0.258 e. The number of anilines is 2. The molecule has 0 radical (unpaired) electrons. The number of fused-ring (bicyclic) bond motifs is 1. The number of carbonyl (C=O) groups is 1. The van der Waals surface area contributed by atoms with Crippen LogP contribution in [0, 0.1) is 0 Å². The van der Waals surface area contributed by atoms with Crippen LogP contribution in [-0.4, -0.2) is 43.7 Å². The molecule has 2 aromatic heterocycles. The van der Waals surface area contributed by atoms with Gasteiger partial charge >= 0.3 is 0 Å². The molecule has 0 atom stereocenters. The van der Waals surface area contributed by atoms with Crippen LogP contribution in [0.2, 0.25) is 0 Å². The molecule has 2 N–H and O–H groups in total. The molecule has 8 heteroatoms. The van der Waals surface area contributed by atoms with Crippen molar-refractivity contribution in [2.45, 2.75) is 19.3 Å². The number of aromatic amines is 1. The Labute approximate surface area is 167 Å². The third kappa shape index (κ3) is 3.44. The first kappa shape index (κ1) is 17.4. The van der Waals surface area contributed by atoms with Crippen LogP contribution in [-0.2, 0) is 0 Å². The van der Waals surface area contributed by atoms with E-state index in [0.29, 0.717) is 17.5 Å². The van der Waals surface area contributed by atoms with Crippen molar-refractivity contribution in [1.82, 2.24) is 24.7 Å². The zero-order valence-corrected chi connectivity index (χ0v) is 15.9. The average Bonchev–Trinajstić information content (AvgIpc) is 3.42. The smallest absolute Gasteiger partial charge is 0.258 e. The lowest BCUT2D eigenvalue weighted by Crippen LogP contribution is -2.30. The van der Waals surface area contributed by atoms with Crippen LogP contribution in [0.15, 0.2) is 54.9 Å². The molecule has 1 saturated heterocycles.